The molecule has 1 aromatic carbocycles. The Morgan fingerprint density at radius 3 is 2.23 bits per heavy atom. The summed E-state index contributed by atoms with van der Waals surface area (Å²) in [4.78, 5) is 38.2. The lowest BCUT2D eigenvalue weighted by molar-refractivity contribution is -0.131. The van der Waals surface area contributed by atoms with Gasteiger partial charge in [-0.3, -0.25) is 15.0 Å². The van der Waals surface area contributed by atoms with E-state index in [0.29, 0.717) is 17.5 Å². The van der Waals surface area contributed by atoms with Gasteiger partial charge >= 0.3 is 6.03 Å². The van der Waals surface area contributed by atoms with Crippen LogP contribution in [-0.4, -0.2) is 79.6 Å². The molecule has 1 rings (SSSR count). The zero-order valence-electron chi connectivity index (χ0n) is 20.1. The van der Waals surface area contributed by atoms with Gasteiger partial charge in [-0.15, -0.1) is 0 Å². The zero-order chi connectivity index (χ0) is 26.8. The zero-order valence-corrected chi connectivity index (χ0v) is 20.9. The molecule has 0 aliphatic heterocycles. The van der Waals surface area contributed by atoms with Crippen molar-refractivity contribution in [3.8, 4) is 0 Å². The highest BCUT2D eigenvalue weighted by atomic mass is 32.2. The molecule has 1 unspecified atom stereocenters. The van der Waals surface area contributed by atoms with Crippen molar-refractivity contribution in [2.45, 2.75) is 51.4 Å². The lowest BCUT2D eigenvalue weighted by Crippen LogP contribution is -2.57. The molecule has 0 spiro atoms. The van der Waals surface area contributed by atoms with Crippen LogP contribution in [0.3, 0.4) is 0 Å². The molecule has 13 nitrogen and oxygen atoms in total. The van der Waals surface area contributed by atoms with E-state index in [1.165, 1.54) is 14.0 Å². The van der Waals surface area contributed by atoms with Gasteiger partial charge in [-0.1, -0.05) is 31.2 Å². The number of hydrogen-bond acceptors (Lipinski definition) is 7. The van der Waals surface area contributed by atoms with Crippen LogP contribution in [-0.2, 0) is 26.2 Å². The summed E-state index contributed by atoms with van der Waals surface area (Å²) in [6.07, 6.45) is -1.09. The number of primary amides is 1. The molecular weight excluding hydrogens is 478 g/mol. The highest BCUT2D eigenvalue weighted by Gasteiger charge is 2.31. The van der Waals surface area contributed by atoms with E-state index in [1.54, 1.807) is 31.2 Å². The molecule has 0 aromatic heterocycles. The van der Waals surface area contributed by atoms with Crippen LogP contribution in [0.25, 0.3) is 0 Å². The van der Waals surface area contributed by atoms with Crippen LogP contribution in [0.2, 0.25) is 0 Å². The molecule has 14 heteroatoms. The number of nitrogens with one attached hydrogen (secondary N) is 4. The number of urea groups is 1. The fourth-order valence-corrected chi connectivity index (χ4v) is 4.32. The number of carbonyl (C=O) groups is 3. The topological polar surface area (TPSA) is 221 Å². The molecule has 0 radical (unpaired) electrons. The molecule has 196 valence electrons. The number of sulfonamides is 1. The largest absolute Gasteiger partial charge is 0.391 e. The minimum absolute atomic E-state index is 0.0193. The molecular formula is C21H35N7O6S. The molecule has 0 aliphatic carbocycles. The van der Waals surface area contributed by atoms with Gasteiger partial charge in [0, 0.05) is 25.7 Å². The van der Waals surface area contributed by atoms with Gasteiger partial charge in [-0.05, 0) is 25.3 Å². The Balaban J connectivity index is 2.98. The van der Waals surface area contributed by atoms with Crippen LogP contribution in [0, 0.1) is 5.41 Å². The number of benzene rings is 1. The fourth-order valence-electron chi connectivity index (χ4n) is 2.97. The second kappa shape index (κ2) is 13.6. The maximum Gasteiger partial charge on any atom is 0.314 e. The number of hydrogen-bond donors (Lipinski definition) is 7. The molecule has 3 atom stereocenters. The molecule has 9 N–H and O–H groups in total. The summed E-state index contributed by atoms with van der Waals surface area (Å²) in [5, 5.41) is 22.5. The van der Waals surface area contributed by atoms with Gasteiger partial charge in [-0.2, -0.15) is 0 Å². The van der Waals surface area contributed by atoms with Crippen molar-refractivity contribution in [1.82, 2.24) is 20.3 Å². The average molecular weight is 514 g/mol. The summed E-state index contributed by atoms with van der Waals surface area (Å²) >= 11 is 0. The average Bonchev–Trinajstić information content (AvgIpc) is 2.78. The number of nitrogen functional groups attached to an aromatic ring is 1. The standard InChI is InChI=1S/C21H35N7O6S/c1-4-11-35(33,34)27-17(13(2)29)20(31)26-16(9-10-28(3)21(24)32)19(30)25-12-14-5-7-15(8-6-14)18(22)23/h5-8,13,16-17,27,29H,4,9-12H2,1-3H3,(H3,22,23)(H2,24,32)(H,25,30)(H,26,31)/t13?,16-,17+/m0/s1. The number of amidine groups is 1. The van der Waals surface area contributed by atoms with Crippen LogP contribution < -0.4 is 26.8 Å². The lowest BCUT2D eigenvalue weighted by atomic mass is 10.1. The van der Waals surface area contributed by atoms with Crippen molar-refractivity contribution < 1.29 is 27.9 Å². The minimum atomic E-state index is -3.83. The van der Waals surface area contributed by atoms with Crippen molar-refractivity contribution in [2.75, 3.05) is 19.3 Å². The summed E-state index contributed by atoms with van der Waals surface area (Å²) < 4.78 is 26.4. The maximum absolute atomic E-state index is 12.9. The first-order valence-electron chi connectivity index (χ1n) is 11.0. The number of nitrogens with zero attached hydrogens (tertiary/aromatic N) is 1. The normalized spacial score (nSPS) is 13.8. The number of amides is 4. The Bertz CT molecular complexity index is 998. The SMILES string of the molecule is CCCS(=O)(=O)N[C@@H](C(=O)N[C@@H](CCN(C)C(N)=O)C(=O)NCc1ccc(C(=N)N)cc1)C(C)O. The van der Waals surface area contributed by atoms with Crippen LogP contribution in [0.5, 0.6) is 0 Å². The van der Waals surface area contributed by atoms with Crippen molar-refractivity contribution in [3.05, 3.63) is 35.4 Å². The molecule has 35 heavy (non-hydrogen) atoms. The summed E-state index contributed by atoms with van der Waals surface area (Å²) in [6.45, 7) is 3.03. The van der Waals surface area contributed by atoms with E-state index in [0.717, 1.165) is 4.90 Å². The first-order chi connectivity index (χ1) is 16.3. The molecule has 4 amide bonds. The quantitative estimate of drug-likeness (QED) is 0.116. The second-order valence-corrected chi connectivity index (χ2v) is 9.97. The van der Waals surface area contributed by atoms with Gasteiger partial charge in [0.15, 0.2) is 0 Å². The van der Waals surface area contributed by atoms with E-state index in [2.05, 4.69) is 15.4 Å². The number of nitrogens with two attached hydrogens (primary N) is 2. The number of aliphatic hydroxyl groups excluding tert-OH is 1. The van der Waals surface area contributed by atoms with Crippen molar-refractivity contribution >= 4 is 33.7 Å². The predicted octanol–water partition coefficient (Wildman–Crippen LogP) is -1.45. The summed E-state index contributed by atoms with van der Waals surface area (Å²) in [5.74, 6) is -1.82. The third kappa shape index (κ3) is 10.3. The van der Waals surface area contributed by atoms with E-state index in [4.69, 9.17) is 16.9 Å². The van der Waals surface area contributed by atoms with E-state index < -0.39 is 46.1 Å². The fraction of sp³-hybridized carbons (Fsp3) is 0.524. The summed E-state index contributed by atoms with van der Waals surface area (Å²) in [7, 11) is -2.41. The van der Waals surface area contributed by atoms with Crippen LogP contribution in [0.15, 0.2) is 24.3 Å². The first-order valence-corrected chi connectivity index (χ1v) is 12.6. The van der Waals surface area contributed by atoms with Crippen molar-refractivity contribution in [2.24, 2.45) is 11.5 Å². The number of aliphatic hydroxyl groups is 1. The number of carbonyl (C=O) groups excluding carboxylic acids is 3. The second-order valence-electron chi connectivity index (χ2n) is 8.09. The molecule has 0 saturated carbocycles. The Morgan fingerprint density at radius 2 is 1.74 bits per heavy atom. The lowest BCUT2D eigenvalue weighted by Gasteiger charge is -2.25. The highest BCUT2D eigenvalue weighted by molar-refractivity contribution is 7.89. The molecule has 0 aliphatic rings. The van der Waals surface area contributed by atoms with Crippen LogP contribution >= 0.6 is 0 Å². The Kier molecular flexibility index (Phi) is 11.6. The van der Waals surface area contributed by atoms with E-state index in [-0.39, 0.29) is 31.1 Å². The third-order valence-corrected chi connectivity index (χ3v) is 6.60. The molecule has 0 fully saturated rings. The van der Waals surface area contributed by atoms with E-state index in [9.17, 15) is 27.9 Å². The third-order valence-electron chi connectivity index (χ3n) is 5.04. The maximum atomic E-state index is 12.9. The van der Waals surface area contributed by atoms with Crippen LogP contribution in [0.4, 0.5) is 4.79 Å². The van der Waals surface area contributed by atoms with Gasteiger partial charge < -0.3 is 32.1 Å². The Morgan fingerprint density at radius 1 is 1.14 bits per heavy atom. The van der Waals surface area contributed by atoms with Gasteiger partial charge in [0.25, 0.3) is 0 Å². The monoisotopic (exact) mass is 513 g/mol. The molecule has 0 heterocycles. The molecule has 1 aromatic rings. The van der Waals surface area contributed by atoms with Crippen molar-refractivity contribution in [3.63, 3.8) is 0 Å². The van der Waals surface area contributed by atoms with Crippen LogP contribution in [0.1, 0.15) is 37.8 Å². The number of rotatable bonds is 14. The minimum Gasteiger partial charge on any atom is -0.391 e. The van der Waals surface area contributed by atoms with Gasteiger partial charge in [0.2, 0.25) is 21.8 Å². The van der Waals surface area contributed by atoms with Gasteiger partial charge in [0.1, 0.15) is 17.9 Å². The summed E-state index contributed by atoms with van der Waals surface area (Å²) in [6, 6.07) is 3.21. The predicted molar refractivity (Wildman–Crippen MR) is 131 cm³/mol. The van der Waals surface area contributed by atoms with E-state index >= 15 is 0 Å². The Labute approximate surface area is 205 Å². The summed E-state index contributed by atoms with van der Waals surface area (Å²) in [5.41, 5.74) is 11.9. The smallest absolute Gasteiger partial charge is 0.314 e. The van der Waals surface area contributed by atoms with Gasteiger partial charge in [0.05, 0.1) is 11.9 Å². The van der Waals surface area contributed by atoms with Gasteiger partial charge in [-0.25, -0.2) is 17.9 Å². The molecule has 0 saturated heterocycles. The molecule has 0 bridgehead atoms. The van der Waals surface area contributed by atoms with Crippen molar-refractivity contribution in [1.29, 1.82) is 5.41 Å². The first kappa shape index (κ1) is 29.8. The highest BCUT2D eigenvalue weighted by Crippen LogP contribution is 2.06. The van der Waals surface area contributed by atoms with E-state index in [1.807, 2.05) is 0 Å². The Hall–Kier alpha value is -3.23.